The summed E-state index contributed by atoms with van der Waals surface area (Å²) in [5.74, 6) is -0.0618. The molecule has 2 aromatic heterocycles. The van der Waals surface area contributed by atoms with Crippen molar-refractivity contribution in [2.45, 2.75) is 6.54 Å². The Morgan fingerprint density at radius 2 is 2.22 bits per heavy atom. The largest absolute Gasteiger partial charge is 0.380 e. The number of aromatic nitrogens is 4. The zero-order valence-electron chi connectivity index (χ0n) is 12.2. The quantitative estimate of drug-likeness (QED) is 0.689. The Hall–Kier alpha value is -2.24. The second-order valence-corrected chi connectivity index (χ2v) is 6.00. The molecule has 1 unspecified atom stereocenters. The molecule has 0 fully saturated rings. The topological polar surface area (TPSA) is 98.7 Å². The average Bonchev–Trinajstić information content (AvgIpc) is 2.83. The molecule has 3 rings (SSSR count). The van der Waals surface area contributed by atoms with Crippen molar-refractivity contribution in [3.05, 3.63) is 40.8 Å². The number of nitrogens with one attached hydrogen (secondary N) is 1. The van der Waals surface area contributed by atoms with Crippen molar-refractivity contribution in [1.82, 2.24) is 25.1 Å². The number of nitrogens with zero attached hydrogens (tertiary/aromatic N) is 4. The van der Waals surface area contributed by atoms with Crippen LogP contribution in [0.1, 0.15) is 16.1 Å². The number of fused-ring (bicyclic) bond motifs is 1. The van der Waals surface area contributed by atoms with Gasteiger partial charge in [0.1, 0.15) is 17.4 Å². The Morgan fingerprint density at radius 1 is 1.43 bits per heavy atom. The molecule has 3 aromatic rings. The zero-order chi connectivity index (χ0) is 16.6. The number of benzene rings is 1. The van der Waals surface area contributed by atoms with Crippen molar-refractivity contribution in [3.8, 4) is 0 Å². The fourth-order valence-corrected chi connectivity index (χ4v) is 2.63. The summed E-state index contributed by atoms with van der Waals surface area (Å²) in [6, 6.07) is 5.58. The predicted molar refractivity (Wildman–Crippen MR) is 92.7 cm³/mol. The highest BCUT2D eigenvalue weighted by Gasteiger charge is 2.18. The van der Waals surface area contributed by atoms with E-state index in [1.165, 1.54) is 11.0 Å². The minimum Gasteiger partial charge on any atom is -0.380 e. The Kier molecular flexibility index (Phi) is 4.15. The van der Waals surface area contributed by atoms with Gasteiger partial charge in [0.2, 0.25) is 0 Å². The van der Waals surface area contributed by atoms with Gasteiger partial charge in [-0.1, -0.05) is 23.7 Å². The molecule has 1 aromatic carbocycles. The number of amides is 1. The lowest BCUT2D eigenvalue weighted by Gasteiger charge is -2.07. The molecule has 0 aliphatic carbocycles. The molecule has 23 heavy (non-hydrogen) atoms. The van der Waals surface area contributed by atoms with Crippen molar-refractivity contribution in [2.24, 2.45) is 7.05 Å². The highest BCUT2D eigenvalue weighted by atomic mass is 35.5. The number of rotatable bonds is 3. The summed E-state index contributed by atoms with van der Waals surface area (Å²) in [4.78, 5) is 20.5. The number of anilines is 1. The van der Waals surface area contributed by atoms with Gasteiger partial charge in [-0.2, -0.15) is 5.10 Å². The molecule has 0 bridgehead atoms. The summed E-state index contributed by atoms with van der Waals surface area (Å²) in [6.45, 7) is 0.336. The van der Waals surface area contributed by atoms with Gasteiger partial charge in [-0.3, -0.25) is 9.48 Å². The van der Waals surface area contributed by atoms with E-state index in [0.717, 1.165) is 10.9 Å². The van der Waals surface area contributed by atoms with Crippen LogP contribution in [0.15, 0.2) is 24.5 Å². The zero-order valence-corrected chi connectivity index (χ0v) is 14.2. The van der Waals surface area contributed by atoms with Gasteiger partial charge >= 0.3 is 0 Å². The van der Waals surface area contributed by atoms with E-state index in [9.17, 15) is 4.79 Å². The van der Waals surface area contributed by atoms with Crippen LogP contribution < -0.4 is 16.4 Å². The molecular weight excluding hydrogens is 335 g/mol. The van der Waals surface area contributed by atoms with Gasteiger partial charge in [0.25, 0.3) is 5.91 Å². The van der Waals surface area contributed by atoms with Gasteiger partial charge in [0.15, 0.2) is 11.5 Å². The van der Waals surface area contributed by atoms with Gasteiger partial charge in [0, 0.05) is 18.6 Å². The molecular formula is C14H14ClN6OP. The highest BCUT2D eigenvalue weighted by molar-refractivity contribution is 7.28. The van der Waals surface area contributed by atoms with E-state index in [4.69, 9.17) is 17.3 Å². The van der Waals surface area contributed by atoms with Gasteiger partial charge in [-0.25, -0.2) is 9.97 Å². The maximum atomic E-state index is 12.4. The molecule has 1 atom stereocenters. The third-order valence-electron chi connectivity index (χ3n) is 3.38. The van der Waals surface area contributed by atoms with Crippen molar-refractivity contribution < 1.29 is 4.79 Å². The number of carbonyl (C=O) groups is 1. The first-order valence-corrected chi connectivity index (χ1v) is 7.68. The third kappa shape index (κ3) is 2.98. The van der Waals surface area contributed by atoms with Gasteiger partial charge in [-0.05, 0) is 16.9 Å². The molecule has 0 spiro atoms. The predicted octanol–water partition coefficient (Wildman–Crippen LogP) is 1.03. The summed E-state index contributed by atoms with van der Waals surface area (Å²) >= 11 is 6.07. The van der Waals surface area contributed by atoms with Crippen molar-refractivity contribution in [2.75, 3.05) is 5.73 Å². The lowest BCUT2D eigenvalue weighted by Crippen LogP contribution is -2.24. The molecule has 0 aliphatic rings. The fraction of sp³-hybridized carbons (Fsp3) is 0.143. The minimum atomic E-state index is -0.327. The molecule has 3 N–H and O–H groups in total. The van der Waals surface area contributed by atoms with Crippen LogP contribution in [0, 0.1) is 0 Å². The second kappa shape index (κ2) is 6.10. The number of carbonyl (C=O) groups excluding carboxylic acids is 1. The molecule has 0 radical (unpaired) electrons. The van der Waals surface area contributed by atoms with Crippen LogP contribution in [-0.4, -0.2) is 25.7 Å². The molecule has 9 heteroatoms. The van der Waals surface area contributed by atoms with Crippen molar-refractivity contribution in [1.29, 1.82) is 0 Å². The SMILES string of the molecule is Cn1nc(N)c2ncnc(C(=O)NCc3ccc(P)c(Cl)c3)c21. The first kappa shape index (κ1) is 15.6. The maximum absolute atomic E-state index is 12.4. The standard InChI is InChI=1S/C14H14ClN6OP/c1-21-12-10(13(16)20-21)18-6-19-11(12)14(22)17-5-7-2-3-9(23)8(15)4-7/h2-4,6H,5,23H2,1H3,(H2,16,20)(H,17,22). The van der Waals surface area contributed by atoms with Gasteiger partial charge in [-0.15, -0.1) is 9.24 Å². The van der Waals surface area contributed by atoms with E-state index in [-0.39, 0.29) is 17.4 Å². The van der Waals surface area contributed by atoms with Crippen LogP contribution in [0.4, 0.5) is 5.82 Å². The number of hydrogen-bond donors (Lipinski definition) is 2. The summed E-state index contributed by atoms with van der Waals surface area (Å²) in [7, 11) is 4.24. The smallest absolute Gasteiger partial charge is 0.272 e. The number of nitrogens with two attached hydrogens (primary N) is 1. The molecule has 118 valence electrons. The Balaban J connectivity index is 1.85. The number of halogens is 1. The maximum Gasteiger partial charge on any atom is 0.272 e. The molecule has 2 heterocycles. The van der Waals surface area contributed by atoms with Crippen LogP contribution in [0.25, 0.3) is 11.0 Å². The van der Waals surface area contributed by atoms with Crippen LogP contribution in [0.2, 0.25) is 5.02 Å². The summed E-state index contributed by atoms with van der Waals surface area (Å²) in [5.41, 5.74) is 7.86. The summed E-state index contributed by atoms with van der Waals surface area (Å²) in [5, 5.41) is 8.42. The first-order chi connectivity index (χ1) is 11.0. The summed E-state index contributed by atoms with van der Waals surface area (Å²) < 4.78 is 1.50. The lowest BCUT2D eigenvalue weighted by molar-refractivity contribution is 0.0947. The highest BCUT2D eigenvalue weighted by Crippen LogP contribution is 2.19. The van der Waals surface area contributed by atoms with Crippen LogP contribution in [0.3, 0.4) is 0 Å². The molecule has 7 nitrogen and oxygen atoms in total. The van der Waals surface area contributed by atoms with Gasteiger partial charge in [0.05, 0.1) is 0 Å². The van der Waals surface area contributed by atoms with Crippen molar-refractivity contribution in [3.63, 3.8) is 0 Å². The van der Waals surface area contributed by atoms with E-state index in [2.05, 4.69) is 29.6 Å². The number of aryl methyl sites for hydroxylation is 1. The van der Waals surface area contributed by atoms with Crippen LogP contribution >= 0.6 is 20.8 Å². The molecule has 0 aliphatic heterocycles. The lowest BCUT2D eigenvalue weighted by atomic mass is 10.2. The minimum absolute atomic E-state index is 0.232. The third-order valence-corrected chi connectivity index (χ3v) is 4.39. The monoisotopic (exact) mass is 348 g/mol. The van der Waals surface area contributed by atoms with E-state index in [1.54, 1.807) is 7.05 Å². The van der Waals surface area contributed by atoms with E-state index in [0.29, 0.717) is 22.6 Å². The van der Waals surface area contributed by atoms with Crippen LogP contribution in [0.5, 0.6) is 0 Å². The van der Waals surface area contributed by atoms with Crippen molar-refractivity contribution >= 4 is 48.9 Å². The average molecular weight is 349 g/mol. The van der Waals surface area contributed by atoms with E-state index in [1.807, 2.05) is 18.2 Å². The number of nitrogen functional groups attached to an aromatic ring is 1. The number of hydrogen-bond acceptors (Lipinski definition) is 5. The second-order valence-electron chi connectivity index (χ2n) is 4.97. The van der Waals surface area contributed by atoms with E-state index >= 15 is 0 Å². The van der Waals surface area contributed by atoms with Gasteiger partial charge < -0.3 is 11.1 Å². The fourth-order valence-electron chi connectivity index (χ4n) is 2.24. The normalized spacial score (nSPS) is 10.9. The first-order valence-electron chi connectivity index (χ1n) is 6.72. The molecule has 0 saturated heterocycles. The Labute approximate surface area is 139 Å². The van der Waals surface area contributed by atoms with E-state index < -0.39 is 0 Å². The Morgan fingerprint density at radius 3 is 2.96 bits per heavy atom. The molecule has 0 saturated carbocycles. The molecule has 1 amide bonds. The van der Waals surface area contributed by atoms with Crippen LogP contribution in [-0.2, 0) is 13.6 Å². The summed E-state index contributed by atoms with van der Waals surface area (Å²) in [6.07, 6.45) is 1.30. The Bertz CT molecular complexity index is 910.